The number of hydrogen-bond donors (Lipinski definition) is 5. The first-order valence-electron chi connectivity index (χ1n) is 9.47. The summed E-state index contributed by atoms with van der Waals surface area (Å²) in [6.07, 6.45) is 0.504. The van der Waals surface area contributed by atoms with Crippen LogP contribution in [-0.2, 0) is 20.2 Å². The molecule has 0 atom stereocenters. The molecule has 0 radical (unpaired) electrons. The van der Waals surface area contributed by atoms with Crippen LogP contribution in [0.5, 0.6) is 0 Å². The Hall–Kier alpha value is -3.24. The Morgan fingerprint density at radius 2 is 1.65 bits per heavy atom. The number of allylic oxidation sites excluding steroid dienone is 1. The first-order chi connectivity index (χ1) is 15.7. The number of rotatable bonds is 3. The number of hydrogen-bond acceptors (Lipinski definition) is 11. The van der Waals surface area contributed by atoms with Crippen LogP contribution in [0, 0.1) is 6.92 Å². The van der Waals surface area contributed by atoms with Crippen LogP contribution in [0.2, 0.25) is 0 Å². The highest BCUT2D eigenvalue weighted by molar-refractivity contribution is 7.86. The van der Waals surface area contributed by atoms with E-state index in [9.17, 15) is 16.8 Å². The van der Waals surface area contributed by atoms with E-state index in [4.69, 9.17) is 26.3 Å². The number of nitrogens with zero attached hydrogens (tertiary/aromatic N) is 3. The molecule has 0 fully saturated rings. The second-order valence-corrected chi connectivity index (χ2v) is 11.2. The van der Waals surface area contributed by atoms with E-state index in [1.807, 2.05) is 6.92 Å². The monoisotopic (exact) mass is 526 g/mol. The van der Waals surface area contributed by atoms with Crippen molar-refractivity contribution in [2.24, 2.45) is 16.6 Å². The van der Waals surface area contributed by atoms with Crippen LogP contribution in [0.3, 0.4) is 0 Å². The lowest BCUT2D eigenvalue weighted by atomic mass is 10.2. The van der Waals surface area contributed by atoms with Crippen LogP contribution >= 0.6 is 11.3 Å². The molecule has 182 valence electrons. The van der Waals surface area contributed by atoms with Gasteiger partial charge in [0.25, 0.3) is 20.2 Å². The third-order valence-electron chi connectivity index (χ3n) is 4.63. The molecule has 1 aliphatic heterocycles. The van der Waals surface area contributed by atoms with Gasteiger partial charge in [0, 0.05) is 12.1 Å². The molecule has 3 aromatic rings. The van der Waals surface area contributed by atoms with E-state index in [1.54, 1.807) is 13.0 Å². The lowest BCUT2D eigenvalue weighted by Crippen LogP contribution is -2.32. The largest absolute Gasteiger partial charge is 0.399 e. The molecule has 12 nitrogen and oxygen atoms in total. The third-order valence-corrected chi connectivity index (χ3v) is 7.34. The lowest BCUT2D eigenvalue weighted by Gasteiger charge is -2.26. The van der Waals surface area contributed by atoms with E-state index < -0.39 is 20.2 Å². The van der Waals surface area contributed by atoms with Crippen molar-refractivity contribution in [3.63, 3.8) is 0 Å². The zero-order chi connectivity index (χ0) is 25.4. The zero-order valence-electron chi connectivity index (χ0n) is 18.0. The summed E-state index contributed by atoms with van der Waals surface area (Å²) in [5, 5.41) is 6.11. The Balaban J connectivity index is 0.000000202. The van der Waals surface area contributed by atoms with Crippen molar-refractivity contribution in [3.8, 4) is 0 Å². The molecule has 0 bridgehead atoms. The summed E-state index contributed by atoms with van der Waals surface area (Å²) in [6.45, 7) is 3.40. The Labute approximate surface area is 199 Å². The smallest absolute Gasteiger partial charge is 0.294 e. The second-order valence-electron chi connectivity index (χ2n) is 7.32. The number of aryl methyl sites for hydroxylation is 1. The molecule has 1 aromatic heterocycles. The van der Waals surface area contributed by atoms with Gasteiger partial charge in [-0.25, -0.2) is 9.99 Å². The van der Waals surface area contributed by atoms with Crippen molar-refractivity contribution < 1.29 is 25.9 Å². The maximum absolute atomic E-state index is 11.2. The molecule has 4 rings (SSSR count). The number of fused-ring (bicyclic) bond motifs is 1. The van der Waals surface area contributed by atoms with Gasteiger partial charge in [-0.1, -0.05) is 11.3 Å². The SMILES string of the molecule is CC1=NN(c2ccc(S(=O)(=O)O)c(C)c2)C(N)=C(N)C1.Nc1nc2ccc(S(=O)(=O)O)cc2s1. The number of nitrogens with two attached hydrogens (primary N) is 3. The summed E-state index contributed by atoms with van der Waals surface area (Å²) in [6, 6.07) is 8.54. The van der Waals surface area contributed by atoms with Crippen LogP contribution in [-0.4, -0.2) is 36.6 Å². The van der Waals surface area contributed by atoms with Crippen molar-refractivity contribution in [1.82, 2.24) is 4.98 Å². The van der Waals surface area contributed by atoms with E-state index in [0.29, 0.717) is 44.5 Å². The Morgan fingerprint density at radius 3 is 2.24 bits per heavy atom. The fourth-order valence-electron chi connectivity index (χ4n) is 3.10. The predicted octanol–water partition coefficient (Wildman–Crippen LogP) is 2.04. The Bertz CT molecular complexity index is 1540. The van der Waals surface area contributed by atoms with Crippen LogP contribution in [0.15, 0.2) is 62.8 Å². The van der Waals surface area contributed by atoms with Crippen molar-refractivity contribution >= 4 is 58.3 Å². The first-order valence-corrected chi connectivity index (χ1v) is 13.2. The molecule has 34 heavy (non-hydrogen) atoms. The molecule has 2 aromatic carbocycles. The van der Waals surface area contributed by atoms with Gasteiger partial charge in [-0.3, -0.25) is 9.11 Å². The average molecular weight is 527 g/mol. The van der Waals surface area contributed by atoms with Crippen LogP contribution in [0.4, 0.5) is 10.8 Å². The van der Waals surface area contributed by atoms with Gasteiger partial charge < -0.3 is 17.2 Å². The van der Waals surface area contributed by atoms with E-state index >= 15 is 0 Å². The molecular weight excluding hydrogens is 504 g/mol. The van der Waals surface area contributed by atoms with Crippen molar-refractivity contribution in [1.29, 1.82) is 0 Å². The highest BCUT2D eigenvalue weighted by Gasteiger charge is 2.20. The van der Waals surface area contributed by atoms with Gasteiger partial charge in [0.05, 0.1) is 31.4 Å². The van der Waals surface area contributed by atoms with Crippen LogP contribution < -0.4 is 22.2 Å². The maximum atomic E-state index is 11.2. The van der Waals surface area contributed by atoms with Gasteiger partial charge >= 0.3 is 0 Å². The molecule has 2 heterocycles. The second kappa shape index (κ2) is 9.19. The Kier molecular flexibility index (Phi) is 6.86. The average Bonchev–Trinajstić information content (AvgIpc) is 3.08. The molecule has 0 aliphatic carbocycles. The molecule has 8 N–H and O–H groups in total. The number of aromatic nitrogens is 1. The minimum atomic E-state index is -4.24. The first kappa shape index (κ1) is 25.4. The third kappa shape index (κ3) is 5.63. The topological polar surface area (TPSA) is 215 Å². The van der Waals surface area contributed by atoms with Gasteiger partial charge in [-0.2, -0.15) is 21.9 Å². The van der Waals surface area contributed by atoms with Gasteiger partial charge in [-0.15, -0.1) is 0 Å². The molecule has 0 amide bonds. The minimum Gasteiger partial charge on any atom is -0.399 e. The lowest BCUT2D eigenvalue weighted by molar-refractivity contribution is 0.480. The van der Waals surface area contributed by atoms with E-state index in [2.05, 4.69) is 10.1 Å². The summed E-state index contributed by atoms with van der Waals surface area (Å²) < 4.78 is 62.4. The molecule has 0 saturated carbocycles. The van der Waals surface area contributed by atoms with E-state index in [0.717, 1.165) is 5.71 Å². The molecule has 1 aliphatic rings. The van der Waals surface area contributed by atoms with Gasteiger partial charge in [0.1, 0.15) is 5.82 Å². The molecule has 15 heteroatoms. The quantitative estimate of drug-likeness (QED) is 0.311. The minimum absolute atomic E-state index is 0.144. The predicted molar refractivity (Wildman–Crippen MR) is 130 cm³/mol. The number of hydrazone groups is 1. The Morgan fingerprint density at radius 1 is 0.971 bits per heavy atom. The normalized spacial score (nSPS) is 14.6. The van der Waals surface area contributed by atoms with Gasteiger partial charge in [0.2, 0.25) is 0 Å². The molecule has 0 unspecified atom stereocenters. The van der Waals surface area contributed by atoms with Crippen molar-refractivity contribution in [3.05, 3.63) is 53.5 Å². The van der Waals surface area contributed by atoms with Gasteiger partial charge in [-0.05, 0) is 55.8 Å². The number of nitrogen functional groups attached to an aromatic ring is 1. The number of thiazole rings is 1. The molecule has 0 saturated heterocycles. The van der Waals surface area contributed by atoms with Crippen LogP contribution in [0.25, 0.3) is 10.2 Å². The van der Waals surface area contributed by atoms with E-state index in [-0.39, 0.29) is 9.79 Å². The number of benzene rings is 2. The summed E-state index contributed by atoms with van der Waals surface area (Å²) in [5.74, 6) is 0.314. The number of anilines is 2. The zero-order valence-corrected chi connectivity index (χ0v) is 20.4. The fraction of sp³-hybridized carbons (Fsp3) is 0.158. The summed E-state index contributed by atoms with van der Waals surface area (Å²) in [5.41, 5.74) is 20.1. The molecule has 0 spiro atoms. The maximum Gasteiger partial charge on any atom is 0.294 e. The highest BCUT2D eigenvalue weighted by atomic mass is 32.2. The fourth-order valence-corrected chi connectivity index (χ4v) is 5.16. The standard InChI is InChI=1S/C12H16N4O3S.C7H6N2O3S2/c1-7-5-9(3-4-11(7)20(17,18)19)16-12(14)10(13)6-8(2)15-16;8-7-9-5-2-1-4(14(10,11)12)3-6(5)13-7/h3-5H,6,13-14H2,1-2H3,(H,17,18,19);1-3H,(H2,8,9)(H,10,11,12). The summed E-state index contributed by atoms with van der Waals surface area (Å²) >= 11 is 1.17. The van der Waals surface area contributed by atoms with Crippen molar-refractivity contribution in [2.75, 3.05) is 10.7 Å². The van der Waals surface area contributed by atoms with Crippen LogP contribution in [0.1, 0.15) is 18.9 Å². The molecular formula is C19H22N6O6S3. The van der Waals surface area contributed by atoms with Crippen molar-refractivity contribution in [2.45, 2.75) is 30.1 Å². The van der Waals surface area contributed by atoms with E-state index in [1.165, 1.54) is 46.7 Å². The summed E-state index contributed by atoms with van der Waals surface area (Å²) in [4.78, 5) is 3.67. The summed E-state index contributed by atoms with van der Waals surface area (Å²) in [7, 11) is -8.39. The van der Waals surface area contributed by atoms with Gasteiger partial charge in [0.15, 0.2) is 5.13 Å². The highest BCUT2D eigenvalue weighted by Crippen LogP contribution is 2.27.